The summed E-state index contributed by atoms with van der Waals surface area (Å²) in [5.74, 6) is 0.567. The molecule has 0 saturated carbocycles. The zero-order chi connectivity index (χ0) is 18.0. The van der Waals surface area contributed by atoms with Crippen molar-refractivity contribution in [3.05, 3.63) is 52.4 Å². The number of nitrogens with one attached hydrogen (secondary N) is 1. The summed E-state index contributed by atoms with van der Waals surface area (Å²) in [6.07, 6.45) is 4.82. The third kappa shape index (κ3) is 4.11. The zero-order valence-corrected chi connectivity index (χ0v) is 15.2. The van der Waals surface area contributed by atoms with Crippen LogP contribution in [0.25, 0.3) is 5.69 Å². The standard InChI is InChI=1S/C18H22N2O4S/c1-13-11-14(3-4-17(13)25(2,22)23)20-10-7-16(12-18(20)21)24-15-5-8-19-9-6-15/h3-4,7,10-12,15,19H,5-6,8-9H2,1-2H3. The van der Waals surface area contributed by atoms with Gasteiger partial charge in [-0.1, -0.05) is 0 Å². The van der Waals surface area contributed by atoms with Gasteiger partial charge in [0.1, 0.15) is 11.9 Å². The largest absolute Gasteiger partial charge is 0.490 e. The van der Waals surface area contributed by atoms with Gasteiger partial charge < -0.3 is 10.1 Å². The number of aryl methyl sites for hydroxylation is 1. The Balaban J connectivity index is 1.86. The molecule has 3 rings (SSSR count). The second-order valence-corrected chi connectivity index (χ2v) is 8.34. The lowest BCUT2D eigenvalue weighted by Gasteiger charge is -2.23. The summed E-state index contributed by atoms with van der Waals surface area (Å²) in [7, 11) is -3.28. The molecule has 1 N–H and O–H groups in total. The monoisotopic (exact) mass is 362 g/mol. The summed E-state index contributed by atoms with van der Waals surface area (Å²) in [4.78, 5) is 12.7. The summed E-state index contributed by atoms with van der Waals surface area (Å²) in [6, 6.07) is 8.11. The molecule has 0 aliphatic carbocycles. The van der Waals surface area contributed by atoms with Gasteiger partial charge in [-0.05, 0) is 62.7 Å². The zero-order valence-electron chi connectivity index (χ0n) is 14.4. The van der Waals surface area contributed by atoms with Gasteiger partial charge in [-0.25, -0.2) is 8.42 Å². The Kier molecular flexibility index (Phi) is 4.96. The van der Waals surface area contributed by atoms with Gasteiger partial charge in [-0.15, -0.1) is 0 Å². The fourth-order valence-corrected chi connectivity index (χ4v) is 4.01. The van der Waals surface area contributed by atoms with Gasteiger partial charge in [0.2, 0.25) is 0 Å². The molecule has 0 radical (unpaired) electrons. The molecular weight excluding hydrogens is 340 g/mol. The first-order valence-corrected chi connectivity index (χ1v) is 10.1. The minimum Gasteiger partial charge on any atom is -0.490 e. The minimum absolute atomic E-state index is 0.132. The topological polar surface area (TPSA) is 77.4 Å². The van der Waals surface area contributed by atoms with Gasteiger partial charge in [-0.3, -0.25) is 9.36 Å². The molecule has 1 aliphatic rings. The van der Waals surface area contributed by atoms with E-state index in [1.165, 1.54) is 23.0 Å². The number of nitrogens with zero attached hydrogens (tertiary/aromatic N) is 1. The highest BCUT2D eigenvalue weighted by Gasteiger charge is 2.15. The second-order valence-electron chi connectivity index (χ2n) is 6.36. The summed E-state index contributed by atoms with van der Waals surface area (Å²) in [5.41, 5.74) is 1.03. The number of sulfone groups is 1. The highest BCUT2D eigenvalue weighted by Crippen LogP contribution is 2.20. The molecule has 1 saturated heterocycles. The number of ether oxygens (including phenoxy) is 1. The molecule has 0 atom stereocenters. The summed E-state index contributed by atoms with van der Waals surface area (Å²) >= 11 is 0. The van der Waals surface area contributed by atoms with E-state index in [0.717, 1.165) is 25.9 Å². The van der Waals surface area contributed by atoms with E-state index in [-0.39, 0.29) is 16.6 Å². The molecule has 7 heteroatoms. The minimum atomic E-state index is -3.28. The van der Waals surface area contributed by atoms with Crippen molar-refractivity contribution in [1.29, 1.82) is 0 Å². The van der Waals surface area contributed by atoms with Crippen LogP contribution in [0.15, 0.2) is 46.2 Å². The quantitative estimate of drug-likeness (QED) is 0.895. The van der Waals surface area contributed by atoms with E-state index in [2.05, 4.69) is 5.32 Å². The fraction of sp³-hybridized carbons (Fsp3) is 0.389. The van der Waals surface area contributed by atoms with E-state index in [0.29, 0.717) is 17.0 Å². The molecular formula is C18H22N2O4S. The maximum atomic E-state index is 12.4. The first kappa shape index (κ1) is 17.7. The van der Waals surface area contributed by atoms with E-state index in [1.54, 1.807) is 31.3 Å². The number of aromatic nitrogens is 1. The lowest BCUT2D eigenvalue weighted by molar-refractivity contribution is 0.162. The normalized spacial score (nSPS) is 15.9. The molecule has 134 valence electrons. The first-order valence-electron chi connectivity index (χ1n) is 8.26. The fourth-order valence-electron chi connectivity index (χ4n) is 3.05. The molecule has 25 heavy (non-hydrogen) atoms. The van der Waals surface area contributed by atoms with E-state index < -0.39 is 9.84 Å². The average molecular weight is 362 g/mol. The molecule has 1 fully saturated rings. The van der Waals surface area contributed by atoms with Gasteiger partial charge >= 0.3 is 0 Å². The van der Waals surface area contributed by atoms with Gasteiger partial charge in [0, 0.05) is 24.2 Å². The highest BCUT2D eigenvalue weighted by molar-refractivity contribution is 7.90. The molecule has 1 aromatic carbocycles. The first-order chi connectivity index (χ1) is 11.8. The lowest BCUT2D eigenvalue weighted by atomic mass is 10.1. The van der Waals surface area contributed by atoms with Crippen molar-refractivity contribution >= 4 is 9.84 Å². The van der Waals surface area contributed by atoms with Gasteiger partial charge in [0.15, 0.2) is 9.84 Å². The van der Waals surface area contributed by atoms with Crippen LogP contribution >= 0.6 is 0 Å². The highest BCUT2D eigenvalue weighted by atomic mass is 32.2. The Hall–Kier alpha value is -2.12. The molecule has 0 amide bonds. The Labute approximate surface area is 147 Å². The van der Waals surface area contributed by atoms with Crippen LogP contribution in [0, 0.1) is 6.92 Å². The Morgan fingerprint density at radius 2 is 1.88 bits per heavy atom. The van der Waals surface area contributed by atoms with Crippen LogP contribution in [0.2, 0.25) is 0 Å². The Morgan fingerprint density at radius 1 is 1.16 bits per heavy atom. The van der Waals surface area contributed by atoms with Gasteiger partial charge in [0.25, 0.3) is 5.56 Å². The lowest BCUT2D eigenvalue weighted by Crippen LogP contribution is -2.34. The van der Waals surface area contributed by atoms with Crippen LogP contribution in [0.3, 0.4) is 0 Å². The van der Waals surface area contributed by atoms with Crippen molar-refractivity contribution in [2.75, 3.05) is 19.3 Å². The second kappa shape index (κ2) is 7.01. The van der Waals surface area contributed by atoms with Gasteiger partial charge in [0.05, 0.1) is 4.90 Å². The van der Waals surface area contributed by atoms with Crippen molar-refractivity contribution in [3.63, 3.8) is 0 Å². The number of benzene rings is 1. The Morgan fingerprint density at radius 3 is 2.48 bits per heavy atom. The van der Waals surface area contributed by atoms with Crippen molar-refractivity contribution in [2.45, 2.75) is 30.8 Å². The maximum Gasteiger partial charge on any atom is 0.258 e. The van der Waals surface area contributed by atoms with Crippen LogP contribution in [0.1, 0.15) is 18.4 Å². The molecule has 0 bridgehead atoms. The van der Waals surface area contributed by atoms with E-state index >= 15 is 0 Å². The van der Waals surface area contributed by atoms with Crippen LogP contribution in [0.4, 0.5) is 0 Å². The van der Waals surface area contributed by atoms with Crippen molar-refractivity contribution < 1.29 is 13.2 Å². The Bertz CT molecular complexity index is 928. The van der Waals surface area contributed by atoms with Crippen molar-refractivity contribution in [2.24, 2.45) is 0 Å². The molecule has 1 aromatic heterocycles. The van der Waals surface area contributed by atoms with E-state index in [4.69, 9.17) is 4.74 Å². The molecule has 1 aliphatic heterocycles. The number of hydrogen-bond donors (Lipinski definition) is 1. The SMILES string of the molecule is Cc1cc(-n2ccc(OC3CCNCC3)cc2=O)ccc1S(C)(=O)=O. The van der Waals surface area contributed by atoms with Crippen LogP contribution in [-0.2, 0) is 9.84 Å². The summed E-state index contributed by atoms with van der Waals surface area (Å²) in [6.45, 7) is 3.57. The molecule has 6 nitrogen and oxygen atoms in total. The number of piperidine rings is 1. The molecule has 0 unspecified atom stereocenters. The van der Waals surface area contributed by atoms with Crippen LogP contribution < -0.4 is 15.6 Å². The number of rotatable bonds is 4. The predicted octanol–water partition coefficient (Wildman–Crippen LogP) is 1.68. The summed E-state index contributed by atoms with van der Waals surface area (Å²) < 4.78 is 30.8. The third-order valence-electron chi connectivity index (χ3n) is 4.32. The summed E-state index contributed by atoms with van der Waals surface area (Å²) in [5, 5.41) is 3.27. The molecule has 0 spiro atoms. The third-order valence-corrected chi connectivity index (χ3v) is 5.57. The number of hydrogen-bond acceptors (Lipinski definition) is 5. The van der Waals surface area contributed by atoms with E-state index in [9.17, 15) is 13.2 Å². The predicted molar refractivity (Wildman–Crippen MR) is 96.4 cm³/mol. The van der Waals surface area contributed by atoms with Gasteiger partial charge in [-0.2, -0.15) is 0 Å². The van der Waals surface area contributed by atoms with Crippen molar-refractivity contribution in [1.82, 2.24) is 9.88 Å². The average Bonchev–Trinajstić information content (AvgIpc) is 2.54. The molecule has 2 aromatic rings. The number of pyridine rings is 1. The maximum absolute atomic E-state index is 12.4. The molecule has 2 heterocycles. The van der Waals surface area contributed by atoms with Crippen LogP contribution in [-0.4, -0.2) is 38.4 Å². The van der Waals surface area contributed by atoms with Crippen molar-refractivity contribution in [3.8, 4) is 11.4 Å². The van der Waals surface area contributed by atoms with E-state index in [1.807, 2.05) is 0 Å². The van der Waals surface area contributed by atoms with Crippen LogP contribution in [0.5, 0.6) is 5.75 Å². The smallest absolute Gasteiger partial charge is 0.258 e.